The molecule has 0 saturated carbocycles. The second-order valence-electron chi connectivity index (χ2n) is 5.97. The van der Waals surface area contributed by atoms with Crippen molar-refractivity contribution in [3.8, 4) is 5.75 Å². The van der Waals surface area contributed by atoms with E-state index in [1.807, 2.05) is 18.2 Å². The molecule has 0 amide bonds. The molecule has 0 aliphatic heterocycles. The second kappa shape index (κ2) is 5.84. The van der Waals surface area contributed by atoms with Crippen molar-refractivity contribution >= 4 is 11.6 Å². The van der Waals surface area contributed by atoms with Gasteiger partial charge in [-0.15, -0.1) is 0 Å². The maximum atomic E-state index is 6.02. The normalized spacial score (nSPS) is 11.4. The Bertz CT molecular complexity index is 602. The number of nitrogens with zero attached hydrogens (tertiary/aromatic N) is 1. The maximum Gasteiger partial charge on any atom is 0.135 e. The minimum absolute atomic E-state index is 0.149. The van der Waals surface area contributed by atoms with Crippen LogP contribution in [0.4, 0.5) is 0 Å². The Labute approximate surface area is 125 Å². The maximum absolute atomic E-state index is 6.02. The van der Waals surface area contributed by atoms with Crippen LogP contribution in [0.15, 0.2) is 36.5 Å². The summed E-state index contributed by atoms with van der Waals surface area (Å²) in [5.74, 6) is 0.887. The van der Waals surface area contributed by atoms with E-state index < -0.39 is 0 Å². The molecular formula is C17H20ClNO. The summed E-state index contributed by atoms with van der Waals surface area (Å²) in [4.78, 5) is 4.05. The molecule has 0 unspecified atom stereocenters. The first-order valence-corrected chi connectivity index (χ1v) is 7.09. The van der Waals surface area contributed by atoms with Crippen molar-refractivity contribution in [1.29, 1.82) is 0 Å². The Morgan fingerprint density at radius 3 is 2.55 bits per heavy atom. The first kappa shape index (κ1) is 14.9. The first-order chi connectivity index (χ1) is 9.38. The molecule has 0 aliphatic carbocycles. The van der Waals surface area contributed by atoms with Crippen LogP contribution in [0.2, 0.25) is 5.15 Å². The Balaban J connectivity index is 2.13. The van der Waals surface area contributed by atoms with Crippen molar-refractivity contribution in [3.63, 3.8) is 0 Å². The summed E-state index contributed by atoms with van der Waals surface area (Å²) in [6.07, 6.45) is 1.68. The molecule has 1 heterocycles. The Kier molecular flexibility index (Phi) is 4.34. The van der Waals surface area contributed by atoms with E-state index in [1.165, 1.54) is 5.56 Å². The van der Waals surface area contributed by atoms with E-state index in [0.717, 1.165) is 16.9 Å². The van der Waals surface area contributed by atoms with Gasteiger partial charge in [-0.25, -0.2) is 4.98 Å². The molecule has 0 radical (unpaired) electrons. The molecule has 2 nitrogen and oxygen atoms in total. The Morgan fingerprint density at radius 1 is 1.20 bits per heavy atom. The van der Waals surface area contributed by atoms with E-state index in [9.17, 15) is 0 Å². The number of halogens is 1. The van der Waals surface area contributed by atoms with Crippen LogP contribution in [0.1, 0.15) is 37.5 Å². The third-order valence-electron chi connectivity index (χ3n) is 3.26. The third-order valence-corrected chi connectivity index (χ3v) is 3.60. The minimum Gasteiger partial charge on any atom is -0.489 e. The highest BCUT2D eigenvalue weighted by Gasteiger charge is 2.14. The Morgan fingerprint density at radius 2 is 1.95 bits per heavy atom. The fraction of sp³-hybridized carbons (Fsp3) is 0.353. The highest BCUT2D eigenvalue weighted by molar-refractivity contribution is 6.30. The molecule has 1 aromatic heterocycles. The van der Waals surface area contributed by atoms with E-state index in [1.54, 1.807) is 6.20 Å². The summed E-state index contributed by atoms with van der Waals surface area (Å²) in [5.41, 5.74) is 3.49. The molecule has 3 heteroatoms. The molecule has 2 aromatic rings. The number of aromatic nitrogens is 1. The van der Waals surface area contributed by atoms with Crippen LogP contribution in [0.5, 0.6) is 5.75 Å². The standard InChI is InChI=1S/C17H20ClNO/c1-12-10-14(17(2,3)4)7-8-15(12)20-11-13-6-5-9-19-16(13)18/h5-10H,11H2,1-4H3. The van der Waals surface area contributed by atoms with Gasteiger partial charge in [0, 0.05) is 11.8 Å². The van der Waals surface area contributed by atoms with Gasteiger partial charge in [0.1, 0.15) is 17.5 Å². The highest BCUT2D eigenvalue weighted by atomic mass is 35.5. The van der Waals surface area contributed by atoms with Crippen molar-refractivity contribution in [2.24, 2.45) is 0 Å². The van der Waals surface area contributed by atoms with Crippen LogP contribution in [0, 0.1) is 6.92 Å². The van der Waals surface area contributed by atoms with Crippen LogP contribution in [0.25, 0.3) is 0 Å². The number of benzene rings is 1. The monoisotopic (exact) mass is 289 g/mol. The van der Waals surface area contributed by atoms with Gasteiger partial charge in [0.2, 0.25) is 0 Å². The minimum atomic E-state index is 0.149. The van der Waals surface area contributed by atoms with Crippen molar-refractivity contribution in [2.45, 2.75) is 39.7 Å². The van der Waals surface area contributed by atoms with Crippen LogP contribution >= 0.6 is 11.6 Å². The van der Waals surface area contributed by atoms with Crippen molar-refractivity contribution < 1.29 is 4.74 Å². The van der Waals surface area contributed by atoms with Gasteiger partial charge in [-0.2, -0.15) is 0 Å². The summed E-state index contributed by atoms with van der Waals surface area (Å²) in [5, 5.41) is 0.497. The van der Waals surface area contributed by atoms with Gasteiger partial charge in [0.05, 0.1) is 0 Å². The van der Waals surface area contributed by atoms with Crippen LogP contribution in [-0.2, 0) is 12.0 Å². The lowest BCUT2D eigenvalue weighted by atomic mass is 9.86. The second-order valence-corrected chi connectivity index (χ2v) is 6.33. The predicted octanol–water partition coefficient (Wildman–Crippen LogP) is 4.92. The summed E-state index contributed by atoms with van der Waals surface area (Å²) >= 11 is 6.02. The number of aryl methyl sites for hydroxylation is 1. The van der Waals surface area contributed by atoms with E-state index in [4.69, 9.17) is 16.3 Å². The molecule has 2 rings (SSSR count). The number of rotatable bonds is 3. The van der Waals surface area contributed by atoms with Gasteiger partial charge in [-0.05, 0) is 35.6 Å². The molecule has 20 heavy (non-hydrogen) atoms. The lowest BCUT2D eigenvalue weighted by Crippen LogP contribution is -2.11. The van der Waals surface area contributed by atoms with Crippen LogP contribution in [0.3, 0.4) is 0 Å². The van der Waals surface area contributed by atoms with Crippen LogP contribution < -0.4 is 4.74 Å². The van der Waals surface area contributed by atoms with Gasteiger partial charge in [0.25, 0.3) is 0 Å². The highest BCUT2D eigenvalue weighted by Crippen LogP contribution is 2.28. The summed E-state index contributed by atoms with van der Waals surface area (Å²) in [6.45, 7) is 9.12. The van der Waals surface area contributed by atoms with Gasteiger partial charge in [-0.1, -0.05) is 50.6 Å². The zero-order chi connectivity index (χ0) is 14.8. The van der Waals surface area contributed by atoms with Crippen molar-refractivity contribution in [2.75, 3.05) is 0 Å². The third kappa shape index (κ3) is 3.51. The van der Waals surface area contributed by atoms with Crippen molar-refractivity contribution in [1.82, 2.24) is 4.98 Å². The summed E-state index contributed by atoms with van der Waals surface area (Å²) < 4.78 is 5.85. The van der Waals surface area contributed by atoms with Gasteiger partial charge >= 0.3 is 0 Å². The lowest BCUT2D eigenvalue weighted by Gasteiger charge is -2.20. The smallest absolute Gasteiger partial charge is 0.135 e. The van der Waals surface area contributed by atoms with E-state index >= 15 is 0 Å². The van der Waals surface area contributed by atoms with Crippen LogP contribution in [-0.4, -0.2) is 4.98 Å². The molecule has 106 valence electrons. The lowest BCUT2D eigenvalue weighted by molar-refractivity contribution is 0.303. The zero-order valence-corrected chi connectivity index (χ0v) is 13.2. The number of pyridine rings is 1. The average molecular weight is 290 g/mol. The fourth-order valence-corrected chi connectivity index (χ4v) is 2.13. The SMILES string of the molecule is Cc1cc(C(C)(C)C)ccc1OCc1cccnc1Cl. The van der Waals surface area contributed by atoms with E-state index in [2.05, 4.69) is 44.8 Å². The largest absolute Gasteiger partial charge is 0.489 e. The predicted molar refractivity (Wildman–Crippen MR) is 83.5 cm³/mol. The molecule has 0 atom stereocenters. The molecule has 0 aliphatic rings. The Hall–Kier alpha value is -1.54. The van der Waals surface area contributed by atoms with Gasteiger partial charge in [-0.3, -0.25) is 0 Å². The van der Waals surface area contributed by atoms with E-state index in [0.29, 0.717) is 11.8 Å². The molecule has 0 fully saturated rings. The van der Waals surface area contributed by atoms with Crippen molar-refractivity contribution in [3.05, 3.63) is 58.4 Å². The molecule has 0 N–H and O–H groups in total. The molecule has 0 spiro atoms. The van der Waals surface area contributed by atoms with Gasteiger partial charge in [0.15, 0.2) is 0 Å². The first-order valence-electron chi connectivity index (χ1n) is 6.71. The quantitative estimate of drug-likeness (QED) is 0.748. The number of hydrogen-bond acceptors (Lipinski definition) is 2. The average Bonchev–Trinajstić information content (AvgIpc) is 2.38. The topological polar surface area (TPSA) is 22.1 Å². The number of hydrogen-bond donors (Lipinski definition) is 0. The molecule has 1 aromatic carbocycles. The summed E-state index contributed by atoms with van der Waals surface area (Å²) in [7, 11) is 0. The fourth-order valence-electron chi connectivity index (χ4n) is 1.96. The molecular weight excluding hydrogens is 270 g/mol. The summed E-state index contributed by atoms with van der Waals surface area (Å²) in [6, 6.07) is 10.1. The van der Waals surface area contributed by atoms with Gasteiger partial charge < -0.3 is 4.74 Å². The molecule has 0 bridgehead atoms. The van der Waals surface area contributed by atoms with E-state index in [-0.39, 0.29) is 5.41 Å². The molecule has 0 saturated heterocycles. The zero-order valence-electron chi connectivity index (χ0n) is 12.4. The number of ether oxygens (including phenoxy) is 1.